The quantitative estimate of drug-likeness (QED) is 0.839. The normalized spacial score (nSPS) is 11.4. The standard InChI is InChI=1S/C14H13BrO.C2H6/c1-10-4-2-3-5-13(10)14(16)11-6-8-12(15)9-7-11;1-2/h2-9,14,16H,1H3;1-2H3. The summed E-state index contributed by atoms with van der Waals surface area (Å²) in [5.41, 5.74) is 2.99. The van der Waals surface area contributed by atoms with Gasteiger partial charge in [0.25, 0.3) is 0 Å². The number of benzene rings is 2. The van der Waals surface area contributed by atoms with E-state index >= 15 is 0 Å². The molecular weight excluding hydrogens is 288 g/mol. The Morgan fingerprint density at radius 2 is 1.50 bits per heavy atom. The highest BCUT2D eigenvalue weighted by Crippen LogP contribution is 2.25. The van der Waals surface area contributed by atoms with E-state index in [4.69, 9.17) is 0 Å². The smallest absolute Gasteiger partial charge is 0.104 e. The number of rotatable bonds is 2. The molecule has 2 aromatic carbocycles. The van der Waals surface area contributed by atoms with Gasteiger partial charge in [0, 0.05) is 4.47 Å². The second kappa shape index (κ2) is 7.34. The molecule has 0 saturated carbocycles. The lowest BCUT2D eigenvalue weighted by atomic mass is 9.98. The minimum Gasteiger partial charge on any atom is -0.384 e. The third-order valence-corrected chi connectivity index (χ3v) is 3.20. The fourth-order valence-electron chi connectivity index (χ4n) is 1.72. The highest BCUT2D eigenvalue weighted by Gasteiger charge is 2.11. The summed E-state index contributed by atoms with van der Waals surface area (Å²) in [5, 5.41) is 10.2. The van der Waals surface area contributed by atoms with Gasteiger partial charge in [0.05, 0.1) is 0 Å². The predicted molar refractivity (Wildman–Crippen MR) is 80.7 cm³/mol. The fraction of sp³-hybridized carbons (Fsp3) is 0.250. The van der Waals surface area contributed by atoms with Crippen molar-refractivity contribution in [1.29, 1.82) is 0 Å². The van der Waals surface area contributed by atoms with Crippen LogP contribution in [0.5, 0.6) is 0 Å². The van der Waals surface area contributed by atoms with Crippen molar-refractivity contribution in [3.63, 3.8) is 0 Å². The Labute approximate surface area is 118 Å². The van der Waals surface area contributed by atoms with Gasteiger partial charge in [-0.25, -0.2) is 0 Å². The highest BCUT2D eigenvalue weighted by molar-refractivity contribution is 9.10. The van der Waals surface area contributed by atoms with Crippen molar-refractivity contribution in [1.82, 2.24) is 0 Å². The largest absolute Gasteiger partial charge is 0.384 e. The predicted octanol–water partition coefficient (Wildman–Crippen LogP) is 4.87. The van der Waals surface area contributed by atoms with Gasteiger partial charge in [-0.05, 0) is 35.7 Å². The minimum absolute atomic E-state index is 0.547. The topological polar surface area (TPSA) is 20.2 Å². The number of halogens is 1. The van der Waals surface area contributed by atoms with Crippen molar-refractivity contribution < 1.29 is 5.11 Å². The summed E-state index contributed by atoms with van der Waals surface area (Å²) in [6, 6.07) is 15.6. The van der Waals surface area contributed by atoms with Gasteiger partial charge in [-0.1, -0.05) is 66.2 Å². The van der Waals surface area contributed by atoms with Crippen LogP contribution in [0.3, 0.4) is 0 Å². The van der Waals surface area contributed by atoms with E-state index in [1.54, 1.807) is 0 Å². The molecule has 0 radical (unpaired) electrons. The summed E-state index contributed by atoms with van der Waals surface area (Å²) in [6.45, 7) is 6.01. The van der Waals surface area contributed by atoms with E-state index in [1.165, 1.54) is 0 Å². The SMILES string of the molecule is CC.Cc1ccccc1C(O)c1ccc(Br)cc1. The van der Waals surface area contributed by atoms with Gasteiger partial charge in [0.1, 0.15) is 6.10 Å². The van der Waals surface area contributed by atoms with Crippen molar-refractivity contribution in [3.8, 4) is 0 Å². The van der Waals surface area contributed by atoms with E-state index in [9.17, 15) is 5.11 Å². The Hall–Kier alpha value is -1.12. The molecular formula is C16H19BrO. The maximum absolute atomic E-state index is 10.2. The summed E-state index contributed by atoms with van der Waals surface area (Å²) in [7, 11) is 0. The van der Waals surface area contributed by atoms with E-state index in [0.29, 0.717) is 0 Å². The first kappa shape index (κ1) is 14.9. The number of hydrogen-bond acceptors (Lipinski definition) is 1. The molecule has 0 fully saturated rings. The van der Waals surface area contributed by atoms with E-state index in [2.05, 4.69) is 15.9 Å². The van der Waals surface area contributed by atoms with Gasteiger partial charge in [-0.2, -0.15) is 0 Å². The molecule has 1 atom stereocenters. The first-order valence-corrected chi connectivity index (χ1v) is 6.97. The monoisotopic (exact) mass is 306 g/mol. The maximum atomic E-state index is 10.2. The summed E-state index contributed by atoms with van der Waals surface area (Å²) >= 11 is 3.38. The zero-order chi connectivity index (χ0) is 13.5. The van der Waals surface area contributed by atoms with Crippen LogP contribution in [0.2, 0.25) is 0 Å². The average molecular weight is 307 g/mol. The molecule has 0 aliphatic rings. The van der Waals surface area contributed by atoms with Crippen LogP contribution in [0.1, 0.15) is 36.6 Å². The summed E-state index contributed by atoms with van der Waals surface area (Å²) in [4.78, 5) is 0. The minimum atomic E-state index is -0.547. The molecule has 18 heavy (non-hydrogen) atoms. The Balaban J connectivity index is 0.000000771. The summed E-state index contributed by atoms with van der Waals surface area (Å²) in [5.74, 6) is 0. The van der Waals surface area contributed by atoms with E-state index in [0.717, 1.165) is 21.2 Å². The zero-order valence-corrected chi connectivity index (χ0v) is 12.6. The molecule has 0 heterocycles. The lowest BCUT2D eigenvalue weighted by Crippen LogP contribution is -2.01. The van der Waals surface area contributed by atoms with E-state index in [1.807, 2.05) is 69.3 Å². The summed E-state index contributed by atoms with van der Waals surface area (Å²) in [6.07, 6.45) is -0.547. The van der Waals surface area contributed by atoms with Gasteiger partial charge < -0.3 is 5.11 Å². The Bertz CT molecular complexity index is 477. The van der Waals surface area contributed by atoms with Gasteiger partial charge in [-0.15, -0.1) is 0 Å². The Morgan fingerprint density at radius 1 is 0.944 bits per heavy atom. The zero-order valence-electron chi connectivity index (χ0n) is 11.0. The average Bonchev–Trinajstić information content (AvgIpc) is 2.42. The lowest BCUT2D eigenvalue weighted by molar-refractivity contribution is 0.219. The molecule has 0 saturated heterocycles. The van der Waals surface area contributed by atoms with Crippen molar-refractivity contribution in [2.24, 2.45) is 0 Å². The lowest BCUT2D eigenvalue weighted by Gasteiger charge is -2.13. The molecule has 1 unspecified atom stereocenters. The molecule has 0 aromatic heterocycles. The molecule has 2 heteroatoms. The van der Waals surface area contributed by atoms with Crippen LogP contribution in [0.25, 0.3) is 0 Å². The molecule has 96 valence electrons. The van der Waals surface area contributed by atoms with Gasteiger partial charge in [0.2, 0.25) is 0 Å². The molecule has 1 nitrogen and oxygen atoms in total. The van der Waals surface area contributed by atoms with Crippen LogP contribution in [0.4, 0.5) is 0 Å². The summed E-state index contributed by atoms with van der Waals surface area (Å²) < 4.78 is 1.02. The Kier molecular flexibility index (Phi) is 6.10. The second-order valence-electron chi connectivity index (χ2n) is 3.81. The molecule has 0 aliphatic carbocycles. The molecule has 0 aliphatic heterocycles. The third kappa shape index (κ3) is 3.69. The molecule has 2 rings (SSSR count). The van der Waals surface area contributed by atoms with Crippen molar-refractivity contribution in [2.75, 3.05) is 0 Å². The van der Waals surface area contributed by atoms with Crippen LogP contribution in [0.15, 0.2) is 53.0 Å². The van der Waals surface area contributed by atoms with Crippen molar-refractivity contribution in [2.45, 2.75) is 26.9 Å². The third-order valence-electron chi connectivity index (χ3n) is 2.67. The maximum Gasteiger partial charge on any atom is 0.104 e. The highest BCUT2D eigenvalue weighted by atomic mass is 79.9. The molecule has 1 N–H and O–H groups in total. The van der Waals surface area contributed by atoms with Gasteiger partial charge >= 0.3 is 0 Å². The van der Waals surface area contributed by atoms with Gasteiger partial charge in [-0.3, -0.25) is 0 Å². The Morgan fingerprint density at radius 3 is 2.06 bits per heavy atom. The van der Waals surface area contributed by atoms with Crippen molar-refractivity contribution in [3.05, 3.63) is 69.7 Å². The molecule has 2 aromatic rings. The van der Waals surface area contributed by atoms with Gasteiger partial charge in [0.15, 0.2) is 0 Å². The van der Waals surface area contributed by atoms with Crippen LogP contribution in [-0.2, 0) is 0 Å². The first-order chi connectivity index (χ1) is 8.68. The van der Waals surface area contributed by atoms with Crippen LogP contribution >= 0.6 is 15.9 Å². The molecule has 0 bridgehead atoms. The number of aryl methyl sites for hydroxylation is 1. The first-order valence-electron chi connectivity index (χ1n) is 6.17. The van der Waals surface area contributed by atoms with E-state index in [-0.39, 0.29) is 0 Å². The van der Waals surface area contributed by atoms with Crippen LogP contribution < -0.4 is 0 Å². The fourth-order valence-corrected chi connectivity index (χ4v) is 1.98. The second-order valence-corrected chi connectivity index (χ2v) is 4.73. The number of aliphatic hydroxyl groups excluding tert-OH is 1. The van der Waals surface area contributed by atoms with Crippen LogP contribution in [-0.4, -0.2) is 5.11 Å². The van der Waals surface area contributed by atoms with Crippen molar-refractivity contribution >= 4 is 15.9 Å². The number of hydrogen-bond donors (Lipinski definition) is 1. The molecule has 0 amide bonds. The van der Waals surface area contributed by atoms with E-state index < -0.39 is 6.10 Å². The molecule has 0 spiro atoms. The number of aliphatic hydroxyl groups is 1. The van der Waals surface area contributed by atoms with Crippen LogP contribution in [0, 0.1) is 6.92 Å².